The van der Waals surface area contributed by atoms with Crippen molar-refractivity contribution in [3.8, 4) is 0 Å². The van der Waals surface area contributed by atoms with Gasteiger partial charge in [0.2, 0.25) is 0 Å². The van der Waals surface area contributed by atoms with Crippen molar-refractivity contribution >= 4 is 11.8 Å². The van der Waals surface area contributed by atoms with Gasteiger partial charge in [-0.15, -0.1) is 0 Å². The number of nitrogens with two attached hydrogens (primary N) is 1. The van der Waals surface area contributed by atoms with Gasteiger partial charge < -0.3 is 5.11 Å². The summed E-state index contributed by atoms with van der Waals surface area (Å²) < 4.78 is 12.9. The van der Waals surface area contributed by atoms with Crippen LogP contribution in [0.3, 0.4) is 0 Å². The first-order valence-corrected chi connectivity index (χ1v) is 8.03. The van der Waals surface area contributed by atoms with Crippen molar-refractivity contribution in [2.45, 2.75) is 31.4 Å². The van der Waals surface area contributed by atoms with Gasteiger partial charge >= 0.3 is 0 Å². The smallest absolute Gasteiger partial charge is 0.200 e. The van der Waals surface area contributed by atoms with E-state index in [9.17, 15) is 9.50 Å². The lowest BCUT2D eigenvalue weighted by atomic mass is 10.2. The van der Waals surface area contributed by atoms with Crippen LogP contribution < -0.4 is 5.48 Å². The number of allylic oxidation sites excluding steroid dienone is 2. The van der Waals surface area contributed by atoms with E-state index < -0.39 is 0 Å². The third kappa shape index (κ3) is 5.19. The highest BCUT2D eigenvalue weighted by molar-refractivity contribution is 8.02. The average Bonchev–Trinajstić information content (AvgIpc) is 3.01. The molecule has 5 heteroatoms. The largest absolute Gasteiger partial charge is 0.508 e. The number of halogens is 1. The number of hydrogen-bond acceptors (Lipinski definition) is 3. The molecule has 21 heavy (non-hydrogen) atoms. The highest BCUT2D eigenvalue weighted by Gasteiger charge is 2.13. The number of rotatable bonds is 6. The molecule has 2 rings (SSSR count). The van der Waals surface area contributed by atoms with Crippen LogP contribution in [0.25, 0.3) is 0 Å². The van der Waals surface area contributed by atoms with Crippen molar-refractivity contribution in [1.29, 1.82) is 0 Å². The normalized spacial score (nSPS) is 15.5. The lowest BCUT2D eigenvalue weighted by Gasteiger charge is -2.05. The van der Waals surface area contributed by atoms with Crippen LogP contribution in [-0.2, 0) is 10.6 Å². The molecule has 1 saturated carbocycles. The number of quaternary nitrogens is 1. The topological polar surface area (TPSA) is 46.1 Å². The average molecular weight is 310 g/mol. The molecule has 1 fully saturated rings. The summed E-state index contributed by atoms with van der Waals surface area (Å²) in [6.07, 6.45) is 6.02. The Kier molecular flexibility index (Phi) is 6.29. The van der Waals surface area contributed by atoms with Gasteiger partial charge in [-0.2, -0.15) is 5.48 Å². The Morgan fingerprint density at radius 3 is 2.62 bits per heavy atom. The summed E-state index contributed by atoms with van der Waals surface area (Å²) in [4.78, 5) is 5.07. The third-order valence-corrected chi connectivity index (χ3v) is 4.43. The first kappa shape index (κ1) is 16.1. The summed E-state index contributed by atoms with van der Waals surface area (Å²) in [5.74, 6) is 0.836. The second kappa shape index (κ2) is 8.22. The second-order valence-corrected chi connectivity index (χ2v) is 6.06. The fraction of sp³-hybridized carbons (Fsp3) is 0.375. The predicted molar refractivity (Wildman–Crippen MR) is 82.8 cm³/mol. The molecule has 0 atom stereocenters. The van der Waals surface area contributed by atoms with Crippen LogP contribution in [0.15, 0.2) is 46.7 Å². The van der Waals surface area contributed by atoms with Gasteiger partial charge in [-0.1, -0.05) is 23.9 Å². The Balaban J connectivity index is 2.01. The maximum absolute atomic E-state index is 12.9. The molecular formula is C16H21FNO2S+. The van der Waals surface area contributed by atoms with Gasteiger partial charge in [0.15, 0.2) is 5.03 Å². The zero-order valence-electron chi connectivity index (χ0n) is 12.1. The van der Waals surface area contributed by atoms with E-state index in [1.165, 1.54) is 12.1 Å². The van der Waals surface area contributed by atoms with E-state index in [-0.39, 0.29) is 5.82 Å². The van der Waals surface area contributed by atoms with Crippen molar-refractivity contribution in [3.63, 3.8) is 0 Å². The molecule has 3 N–H and O–H groups in total. The summed E-state index contributed by atoms with van der Waals surface area (Å²) in [5.41, 5.74) is 3.78. The standard InChI is InChI=1S/C16H20FNO2S/c1-20-18-16(10-15(19)13-4-2-3-5-13)21-11-12-6-8-14(17)9-7-12/h6-10,18-19H,2-5,11H2,1H3/p+1/b16-10+. The van der Waals surface area contributed by atoms with Gasteiger partial charge in [-0.3, -0.25) is 0 Å². The van der Waals surface area contributed by atoms with Crippen LogP contribution in [0.4, 0.5) is 4.39 Å². The molecule has 0 heterocycles. The van der Waals surface area contributed by atoms with E-state index in [0.29, 0.717) is 11.5 Å². The molecule has 114 valence electrons. The van der Waals surface area contributed by atoms with Gasteiger partial charge in [0.1, 0.15) is 11.6 Å². The SMILES string of the molecule is CO[NH2+]/C(=C\C(O)=C1CCCC1)SCc1ccc(F)cc1. The maximum Gasteiger partial charge on any atom is 0.200 e. The highest BCUT2D eigenvalue weighted by atomic mass is 32.2. The van der Waals surface area contributed by atoms with Crippen LogP contribution in [0.2, 0.25) is 0 Å². The fourth-order valence-corrected chi connectivity index (χ4v) is 3.15. The lowest BCUT2D eigenvalue weighted by Crippen LogP contribution is -2.79. The lowest BCUT2D eigenvalue weighted by molar-refractivity contribution is -0.847. The first-order valence-electron chi connectivity index (χ1n) is 7.05. The molecule has 0 amide bonds. The molecule has 0 saturated heterocycles. The van der Waals surface area contributed by atoms with Crippen LogP contribution in [0.5, 0.6) is 0 Å². The van der Waals surface area contributed by atoms with Crippen LogP contribution >= 0.6 is 11.8 Å². The first-order chi connectivity index (χ1) is 10.2. The van der Waals surface area contributed by atoms with Crippen LogP contribution in [0.1, 0.15) is 31.2 Å². The molecule has 0 aliphatic heterocycles. The molecular weight excluding hydrogens is 289 g/mol. The van der Waals surface area contributed by atoms with E-state index in [4.69, 9.17) is 4.84 Å². The molecule has 3 nitrogen and oxygen atoms in total. The zero-order valence-corrected chi connectivity index (χ0v) is 13.0. The molecule has 0 radical (unpaired) electrons. The van der Waals surface area contributed by atoms with Crippen LogP contribution in [-0.4, -0.2) is 12.2 Å². The van der Waals surface area contributed by atoms with Gasteiger partial charge in [0.25, 0.3) is 0 Å². The molecule has 1 aliphatic rings. The van der Waals surface area contributed by atoms with Crippen molar-refractivity contribution in [2.75, 3.05) is 7.11 Å². The van der Waals surface area contributed by atoms with Gasteiger partial charge in [0.05, 0.1) is 13.2 Å². The van der Waals surface area contributed by atoms with Gasteiger partial charge in [0, 0.05) is 5.75 Å². The van der Waals surface area contributed by atoms with Gasteiger partial charge in [-0.05, 0) is 49.0 Å². The predicted octanol–water partition coefficient (Wildman–Crippen LogP) is 3.41. The third-order valence-electron chi connectivity index (χ3n) is 3.40. The highest BCUT2D eigenvalue weighted by Crippen LogP contribution is 2.27. The molecule has 1 aromatic carbocycles. The molecule has 0 bridgehead atoms. The summed E-state index contributed by atoms with van der Waals surface area (Å²) in [5, 5.41) is 11.0. The van der Waals surface area contributed by atoms with Crippen molar-refractivity contribution < 1.29 is 19.8 Å². The Hall–Kier alpha value is -1.30. The van der Waals surface area contributed by atoms with E-state index >= 15 is 0 Å². The van der Waals surface area contributed by atoms with Crippen molar-refractivity contribution in [3.05, 3.63) is 58.1 Å². The Labute approximate surface area is 128 Å². The number of hydroxylamine groups is 1. The van der Waals surface area contributed by atoms with Crippen LogP contribution in [0, 0.1) is 5.82 Å². The second-order valence-electron chi connectivity index (χ2n) is 5.01. The zero-order chi connectivity index (χ0) is 15.1. The quantitative estimate of drug-likeness (QED) is 0.625. The molecule has 1 aliphatic carbocycles. The minimum atomic E-state index is -0.230. The molecule has 0 spiro atoms. The Morgan fingerprint density at radius 2 is 2.00 bits per heavy atom. The molecule has 0 aromatic heterocycles. The number of aliphatic hydroxyl groups is 1. The fourth-order valence-electron chi connectivity index (χ4n) is 2.27. The van der Waals surface area contributed by atoms with Crippen molar-refractivity contribution in [1.82, 2.24) is 0 Å². The minimum absolute atomic E-state index is 0.230. The number of aliphatic hydroxyl groups excluding tert-OH is 1. The molecule has 1 aromatic rings. The summed E-state index contributed by atoms with van der Waals surface area (Å²) in [7, 11) is 1.59. The van der Waals surface area contributed by atoms with E-state index in [1.807, 2.05) is 0 Å². The number of thioether (sulfide) groups is 1. The van der Waals surface area contributed by atoms with Crippen molar-refractivity contribution in [2.24, 2.45) is 0 Å². The number of hydrogen-bond donors (Lipinski definition) is 2. The van der Waals surface area contributed by atoms with E-state index in [0.717, 1.165) is 41.8 Å². The molecule has 0 unspecified atom stereocenters. The maximum atomic E-state index is 12.9. The monoisotopic (exact) mass is 310 g/mol. The van der Waals surface area contributed by atoms with Gasteiger partial charge in [-0.25, -0.2) is 9.23 Å². The Bertz CT molecular complexity index is 518. The van der Waals surface area contributed by atoms with E-state index in [1.54, 1.807) is 42.6 Å². The minimum Gasteiger partial charge on any atom is -0.508 e. The summed E-state index contributed by atoms with van der Waals surface area (Å²) in [6, 6.07) is 6.44. The number of benzene rings is 1. The Morgan fingerprint density at radius 1 is 1.33 bits per heavy atom. The van der Waals surface area contributed by atoms with E-state index in [2.05, 4.69) is 0 Å². The summed E-state index contributed by atoms with van der Waals surface area (Å²) >= 11 is 1.56. The summed E-state index contributed by atoms with van der Waals surface area (Å²) in [6.45, 7) is 0.